The standard InChI is InChI=1S/C11H15N3OS/c1-8-10(6-12-9-2-4-15-7-9)14-3-5-16-11(14)13-8/h3,5,9,12H,2,4,6-7H2,1H3. The van der Waals surface area contributed by atoms with Crippen LogP contribution in [0, 0.1) is 6.92 Å². The molecular weight excluding hydrogens is 222 g/mol. The molecule has 0 aliphatic carbocycles. The zero-order chi connectivity index (χ0) is 11.0. The van der Waals surface area contributed by atoms with Gasteiger partial charge >= 0.3 is 0 Å². The van der Waals surface area contributed by atoms with E-state index in [0.29, 0.717) is 6.04 Å². The van der Waals surface area contributed by atoms with Gasteiger partial charge in [-0.25, -0.2) is 4.98 Å². The molecular formula is C11H15N3OS. The van der Waals surface area contributed by atoms with E-state index in [2.05, 4.69) is 33.2 Å². The van der Waals surface area contributed by atoms with Crippen LogP contribution in [-0.2, 0) is 11.3 Å². The first-order chi connectivity index (χ1) is 7.84. The summed E-state index contributed by atoms with van der Waals surface area (Å²) >= 11 is 1.68. The number of hydrogen-bond acceptors (Lipinski definition) is 4. The minimum absolute atomic E-state index is 0.503. The lowest BCUT2D eigenvalue weighted by molar-refractivity contribution is 0.189. The van der Waals surface area contributed by atoms with Crippen molar-refractivity contribution in [2.45, 2.75) is 25.9 Å². The summed E-state index contributed by atoms with van der Waals surface area (Å²) in [5.41, 5.74) is 2.39. The largest absolute Gasteiger partial charge is 0.380 e. The predicted molar refractivity (Wildman–Crippen MR) is 63.9 cm³/mol. The van der Waals surface area contributed by atoms with Crippen molar-refractivity contribution in [2.24, 2.45) is 0 Å². The summed E-state index contributed by atoms with van der Waals surface area (Å²) in [4.78, 5) is 5.61. The van der Waals surface area contributed by atoms with Gasteiger partial charge in [-0.05, 0) is 13.3 Å². The molecule has 1 aliphatic heterocycles. The molecule has 1 atom stereocenters. The van der Waals surface area contributed by atoms with Gasteiger partial charge in [-0.2, -0.15) is 0 Å². The average molecular weight is 237 g/mol. The molecule has 0 saturated carbocycles. The number of fused-ring (bicyclic) bond motifs is 1. The molecule has 0 amide bonds. The zero-order valence-electron chi connectivity index (χ0n) is 9.27. The van der Waals surface area contributed by atoms with Crippen molar-refractivity contribution in [1.29, 1.82) is 0 Å². The molecule has 1 fully saturated rings. The lowest BCUT2D eigenvalue weighted by Gasteiger charge is -2.10. The lowest BCUT2D eigenvalue weighted by Crippen LogP contribution is -2.29. The van der Waals surface area contributed by atoms with Gasteiger partial charge in [-0.3, -0.25) is 4.40 Å². The van der Waals surface area contributed by atoms with Gasteiger partial charge in [-0.1, -0.05) is 0 Å². The number of imidazole rings is 1. The SMILES string of the molecule is Cc1nc2sccn2c1CNC1CCOC1. The van der Waals surface area contributed by atoms with Crippen LogP contribution in [0.3, 0.4) is 0 Å². The number of nitrogens with one attached hydrogen (secondary N) is 1. The van der Waals surface area contributed by atoms with Crippen LogP contribution < -0.4 is 5.32 Å². The maximum absolute atomic E-state index is 5.35. The number of rotatable bonds is 3. The van der Waals surface area contributed by atoms with Gasteiger partial charge < -0.3 is 10.1 Å². The Balaban J connectivity index is 1.77. The summed E-state index contributed by atoms with van der Waals surface area (Å²) in [5.74, 6) is 0. The van der Waals surface area contributed by atoms with Gasteiger partial charge in [0, 0.05) is 30.8 Å². The number of ether oxygens (including phenoxy) is 1. The van der Waals surface area contributed by atoms with E-state index >= 15 is 0 Å². The molecule has 2 aromatic heterocycles. The first-order valence-electron chi connectivity index (χ1n) is 5.57. The monoisotopic (exact) mass is 237 g/mol. The minimum atomic E-state index is 0.503. The van der Waals surface area contributed by atoms with Crippen LogP contribution in [0.2, 0.25) is 0 Å². The van der Waals surface area contributed by atoms with Crippen LogP contribution in [0.5, 0.6) is 0 Å². The van der Waals surface area contributed by atoms with Crippen molar-refractivity contribution in [1.82, 2.24) is 14.7 Å². The summed E-state index contributed by atoms with van der Waals surface area (Å²) < 4.78 is 7.52. The van der Waals surface area contributed by atoms with E-state index < -0.39 is 0 Å². The van der Waals surface area contributed by atoms with Gasteiger partial charge in [0.05, 0.1) is 18.0 Å². The number of hydrogen-bond donors (Lipinski definition) is 1. The summed E-state index contributed by atoms with van der Waals surface area (Å²) in [6.45, 7) is 4.67. The molecule has 3 rings (SSSR count). The zero-order valence-corrected chi connectivity index (χ0v) is 10.1. The maximum Gasteiger partial charge on any atom is 0.194 e. The Labute approximate surface area is 98.3 Å². The second-order valence-corrected chi connectivity index (χ2v) is 5.01. The molecule has 1 N–H and O–H groups in total. The van der Waals surface area contributed by atoms with E-state index in [1.54, 1.807) is 11.3 Å². The van der Waals surface area contributed by atoms with Crippen molar-refractivity contribution in [2.75, 3.05) is 13.2 Å². The van der Waals surface area contributed by atoms with Gasteiger partial charge in [0.2, 0.25) is 0 Å². The fraction of sp³-hybridized carbons (Fsp3) is 0.545. The smallest absolute Gasteiger partial charge is 0.194 e. The number of aryl methyl sites for hydroxylation is 1. The average Bonchev–Trinajstić information content (AvgIpc) is 2.92. The van der Waals surface area contributed by atoms with Gasteiger partial charge in [-0.15, -0.1) is 11.3 Å². The highest BCUT2D eigenvalue weighted by Gasteiger charge is 2.16. The number of thiazole rings is 1. The Hall–Kier alpha value is -0.910. The molecule has 0 radical (unpaired) electrons. The third-order valence-corrected chi connectivity index (χ3v) is 3.81. The van der Waals surface area contributed by atoms with E-state index in [9.17, 15) is 0 Å². The van der Waals surface area contributed by atoms with Crippen molar-refractivity contribution in [3.05, 3.63) is 23.0 Å². The Morgan fingerprint density at radius 1 is 1.69 bits per heavy atom. The Morgan fingerprint density at radius 3 is 3.44 bits per heavy atom. The van der Waals surface area contributed by atoms with Crippen LogP contribution in [0.4, 0.5) is 0 Å². The van der Waals surface area contributed by atoms with Gasteiger partial charge in [0.25, 0.3) is 0 Å². The van der Waals surface area contributed by atoms with Crippen LogP contribution in [0.25, 0.3) is 4.96 Å². The van der Waals surface area contributed by atoms with Crippen LogP contribution in [0.15, 0.2) is 11.6 Å². The second-order valence-electron chi connectivity index (χ2n) is 4.14. The third-order valence-electron chi connectivity index (χ3n) is 3.05. The topological polar surface area (TPSA) is 38.6 Å². The molecule has 16 heavy (non-hydrogen) atoms. The molecule has 0 bridgehead atoms. The van der Waals surface area contributed by atoms with E-state index in [1.807, 2.05) is 0 Å². The predicted octanol–water partition coefficient (Wildman–Crippen LogP) is 1.58. The van der Waals surface area contributed by atoms with E-state index in [4.69, 9.17) is 4.74 Å². The fourth-order valence-corrected chi connectivity index (χ4v) is 2.87. The lowest BCUT2D eigenvalue weighted by atomic mass is 10.2. The van der Waals surface area contributed by atoms with E-state index in [-0.39, 0.29) is 0 Å². The van der Waals surface area contributed by atoms with Gasteiger partial charge in [0.15, 0.2) is 4.96 Å². The highest BCUT2D eigenvalue weighted by molar-refractivity contribution is 7.15. The third kappa shape index (κ3) is 1.75. The Morgan fingerprint density at radius 2 is 2.62 bits per heavy atom. The molecule has 1 aliphatic rings. The molecule has 3 heterocycles. The van der Waals surface area contributed by atoms with E-state index in [0.717, 1.165) is 36.8 Å². The minimum Gasteiger partial charge on any atom is -0.380 e. The summed E-state index contributed by atoms with van der Waals surface area (Å²) in [7, 11) is 0. The normalized spacial score (nSPS) is 20.9. The van der Waals surface area contributed by atoms with Crippen LogP contribution in [0.1, 0.15) is 17.8 Å². The highest BCUT2D eigenvalue weighted by atomic mass is 32.1. The summed E-state index contributed by atoms with van der Waals surface area (Å²) in [6, 6.07) is 0.503. The fourth-order valence-electron chi connectivity index (χ4n) is 2.09. The Kier molecular flexibility index (Phi) is 2.67. The van der Waals surface area contributed by atoms with E-state index in [1.165, 1.54) is 5.69 Å². The highest BCUT2D eigenvalue weighted by Crippen LogP contribution is 2.17. The first kappa shape index (κ1) is 10.3. The van der Waals surface area contributed by atoms with Crippen molar-refractivity contribution in [3.8, 4) is 0 Å². The molecule has 0 aromatic carbocycles. The molecule has 4 nitrogen and oxygen atoms in total. The molecule has 1 unspecified atom stereocenters. The number of nitrogens with zero attached hydrogens (tertiary/aromatic N) is 2. The number of aromatic nitrogens is 2. The maximum atomic E-state index is 5.35. The van der Waals surface area contributed by atoms with Crippen molar-refractivity contribution in [3.63, 3.8) is 0 Å². The summed E-state index contributed by atoms with van der Waals surface area (Å²) in [5, 5.41) is 5.60. The van der Waals surface area contributed by atoms with Gasteiger partial charge in [0.1, 0.15) is 0 Å². The molecule has 1 saturated heterocycles. The first-order valence-corrected chi connectivity index (χ1v) is 6.45. The van der Waals surface area contributed by atoms with Crippen LogP contribution >= 0.6 is 11.3 Å². The van der Waals surface area contributed by atoms with Crippen molar-refractivity contribution >= 4 is 16.3 Å². The molecule has 0 spiro atoms. The second kappa shape index (κ2) is 4.16. The Bertz CT molecular complexity index is 484. The molecule has 86 valence electrons. The molecule has 5 heteroatoms. The quantitative estimate of drug-likeness (QED) is 0.881. The van der Waals surface area contributed by atoms with Crippen molar-refractivity contribution < 1.29 is 4.74 Å². The van der Waals surface area contributed by atoms with Crippen LogP contribution in [-0.4, -0.2) is 28.6 Å². The molecule has 2 aromatic rings. The summed E-state index contributed by atoms with van der Waals surface area (Å²) in [6.07, 6.45) is 3.20.